The van der Waals surface area contributed by atoms with Crippen LogP contribution >= 0.6 is 47.2 Å². The maximum Gasteiger partial charge on any atom is 0.191 e. The highest BCUT2D eigenvalue weighted by atomic mass is 127. The third-order valence-electron chi connectivity index (χ3n) is 3.71. The van der Waals surface area contributed by atoms with Crippen molar-refractivity contribution in [3.8, 4) is 0 Å². The van der Waals surface area contributed by atoms with Gasteiger partial charge in [0.2, 0.25) is 0 Å². The minimum atomic E-state index is 0. The topological polar surface area (TPSA) is 44.6 Å². The number of hydrogen-bond donors (Lipinski definition) is 2. The van der Waals surface area contributed by atoms with Crippen molar-refractivity contribution in [1.82, 2.24) is 20.1 Å². The molecule has 0 radical (unpaired) electrons. The average Bonchev–Trinajstić information content (AvgIpc) is 2.77. The summed E-state index contributed by atoms with van der Waals surface area (Å²) in [4.78, 5) is 6.63. The van der Waals surface area contributed by atoms with Crippen LogP contribution in [0.3, 0.4) is 0 Å². The lowest BCUT2D eigenvalue weighted by Gasteiger charge is -2.18. The first-order chi connectivity index (χ1) is 10.5. The summed E-state index contributed by atoms with van der Waals surface area (Å²) in [7, 11) is 3.66. The minimum Gasteiger partial charge on any atom is -0.356 e. The summed E-state index contributed by atoms with van der Waals surface area (Å²) in [5.74, 6) is 0.785. The molecule has 0 aliphatic rings. The van der Waals surface area contributed by atoms with E-state index in [2.05, 4.69) is 34.4 Å². The van der Waals surface area contributed by atoms with Crippen molar-refractivity contribution in [3.63, 3.8) is 0 Å². The van der Waals surface area contributed by atoms with Gasteiger partial charge >= 0.3 is 0 Å². The molecule has 0 aromatic carbocycles. The van der Waals surface area contributed by atoms with Crippen LogP contribution in [0, 0.1) is 0 Å². The standard InChI is InChI=1S/C15H27Cl2N5.HI/c1-5-22(6-2)9-7-8-19-15(18-3)20-11-12-10-13(16)14(17)21(12)4;/h10H,5-9,11H2,1-4H3,(H2,18,19,20);1H. The van der Waals surface area contributed by atoms with Gasteiger partial charge in [0.25, 0.3) is 0 Å². The molecule has 23 heavy (non-hydrogen) atoms. The zero-order chi connectivity index (χ0) is 16.5. The minimum absolute atomic E-state index is 0. The van der Waals surface area contributed by atoms with Gasteiger partial charge in [0.15, 0.2) is 5.96 Å². The van der Waals surface area contributed by atoms with Crippen LogP contribution in [0.1, 0.15) is 26.0 Å². The Morgan fingerprint density at radius 1 is 1.26 bits per heavy atom. The Balaban J connectivity index is 0.00000484. The highest BCUT2D eigenvalue weighted by Crippen LogP contribution is 2.24. The van der Waals surface area contributed by atoms with Crippen LogP contribution < -0.4 is 10.6 Å². The maximum atomic E-state index is 6.06. The Labute approximate surface area is 166 Å². The fourth-order valence-corrected chi connectivity index (χ4v) is 2.62. The van der Waals surface area contributed by atoms with Gasteiger partial charge in [-0.2, -0.15) is 0 Å². The molecular formula is C15H28Cl2IN5. The average molecular weight is 476 g/mol. The van der Waals surface area contributed by atoms with E-state index in [0.29, 0.717) is 16.7 Å². The van der Waals surface area contributed by atoms with E-state index in [0.717, 1.165) is 44.3 Å². The molecule has 0 amide bonds. The number of guanidine groups is 1. The number of aliphatic imine (C=N–C) groups is 1. The van der Waals surface area contributed by atoms with E-state index < -0.39 is 0 Å². The second-order valence-electron chi connectivity index (χ2n) is 5.07. The van der Waals surface area contributed by atoms with Gasteiger partial charge in [0.05, 0.1) is 11.6 Å². The Morgan fingerprint density at radius 3 is 2.39 bits per heavy atom. The van der Waals surface area contributed by atoms with Gasteiger partial charge in [0, 0.05) is 26.3 Å². The molecular weight excluding hydrogens is 448 g/mol. The Kier molecular flexibility index (Phi) is 12.1. The van der Waals surface area contributed by atoms with Crippen molar-refractivity contribution in [1.29, 1.82) is 0 Å². The summed E-state index contributed by atoms with van der Waals surface area (Å²) in [6.07, 6.45) is 1.09. The van der Waals surface area contributed by atoms with E-state index in [-0.39, 0.29) is 24.0 Å². The summed E-state index contributed by atoms with van der Waals surface area (Å²) < 4.78 is 1.87. The fourth-order valence-electron chi connectivity index (χ4n) is 2.20. The molecule has 2 N–H and O–H groups in total. The van der Waals surface area contributed by atoms with E-state index >= 15 is 0 Å². The third kappa shape index (κ3) is 7.49. The summed E-state index contributed by atoms with van der Waals surface area (Å²) in [6.45, 7) is 9.18. The van der Waals surface area contributed by atoms with Gasteiger partial charge in [-0.25, -0.2) is 0 Å². The van der Waals surface area contributed by atoms with Gasteiger partial charge in [-0.3, -0.25) is 4.99 Å². The molecule has 5 nitrogen and oxygen atoms in total. The van der Waals surface area contributed by atoms with Crippen LogP contribution in [0.5, 0.6) is 0 Å². The Bertz CT molecular complexity index is 486. The first-order valence-corrected chi connectivity index (χ1v) is 8.45. The lowest BCUT2D eigenvalue weighted by atomic mass is 10.3. The van der Waals surface area contributed by atoms with Gasteiger partial charge in [0.1, 0.15) is 5.15 Å². The second kappa shape index (κ2) is 12.2. The number of aromatic nitrogens is 1. The molecule has 0 aliphatic carbocycles. The van der Waals surface area contributed by atoms with Crippen LogP contribution in [0.4, 0.5) is 0 Å². The summed E-state index contributed by atoms with van der Waals surface area (Å²) in [6, 6.07) is 1.87. The van der Waals surface area contributed by atoms with Crippen LogP contribution in [0.2, 0.25) is 10.2 Å². The molecule has 1 heterocycles. The molecule has 1 rings (SSSR count). The highest BCUT2D eigenvalue weighted by Gasteiger charge is 2.09. The van der Waals surface area contributed by atoms with Crippen LogP contribution in [0.15, 0.2) is 11.1 Å². The van der Waals surface area contributed by atoms with E-state index in [1.165, 1.54) is 0 Å². The molecule has 0 unspecified atom stereocenters. The number of hydrogen-bond acceptors (Lipinski definition) is 2. The molecule has 0 aliphatic heterocycles. The van der Waals surface area contributed by atoms with Gasteiger partial charge in [-0.15, -0.1) is 24.0 Å². The van der Waals surface area contributed by atoms with E-state index in [4.69, 9.17) is 23.2 Å². The normalized spacial score (nSPS) is 11.5. The molecule has 0 bridgehead atoms. The Hall–Kier alpha value is -0.180. The summed E-state index contributed by atoms with van der Waals surface area (Å²) >= 11 is 12.1. The first-order valence-electron chi connectivity index (χ1n) is 7.69. The molecule has 1 aromatic heterocycles. The van der Waals surface area contributed by atoms with Crippen molar-refractivity contribution in [2.24, 2.45) is 12.0 Å². The molecule has 0 atom stereocenters. The van der Waals surface area contributed by atoms with E-state index in [9.17, 15) is 0 Å². The summed E-state index contributed by atoms with van der Waals surface area (Å²) in [5, 5.41) is 7.72. The zero-order valence-corrected chi connectivity index (χ0v) is 18.2. The molecule has 134 valence electrons. The number of nitrogens with zero attached hydrogens (tertiary/aromatic N) is 3. The molecule has 0 saturated carbocycles. The van der Waals surface area contributed by atoms with Gasteiger partial charge < -0.3 is 20.1 Å². The largest absolute Gasteiger partial charge is 0.356 e. The maximum absolute atomic E-state index is 6.06. The van der Waals surface area contributed by atoms with Crippen LogP contribution in [0.25, 0.3) is 0 Å². The van der Waals surface area contributed by atoms with Crippen LogP contribution in [-0.4, -0.2) is 48.7 Å². The molecule has 1 aromatic rings. The molecule has 0 spiro atoms. The quantitative estimate of drug-likeness (QED) is 0.262. The smallest absolute Gasteiger partial charge is 0.191 e. The molecule has 8 heteroatoms. The Morgan fingerprint density at radius 2 is 1.91 bits per heavy atom. The van der Waals surface area contributed by atoms with Crippen molar-refractivity contribution < 1.29 is 0 Å². The SMILES string of the molecule is CCN(CC)CCCNC(=NC)NCc1cc(Cl)c(Cl)n1C.I. The van der Waals surface area contributed by atoms with E-state index in [1.807, 2.05) is 17.7 Å². The van der Waals surface area contributed by atoms with Crippen molar-refractivity contribution in [2.75, 3.05) is 33.2 Å². The molecule has 0 saturated heterocycles. The fraction of sp³-hybridized carbons (Fsp3) is 0.667. The van der Waals surface area contributed by atoms with E-state index in [1.54, 1.807) is 7.05 Å². The van der Waals surface area contributed by atoms with Crippen molar-refractivity contribution in [3.05, 3.63) is 21.9 Å². The number of rotatable bonds is 8. The summed E-state index contributed by atoms with van der Waals surface area (Å²) in [5.41, 5.74) is 1.01. The first kappa shape index (κ1) is 22.8. The monoisotopic (exact) mass is 475 g/mol. The lowest BCUT2D eigenvalue weighted by Crippen LogP contribution is -2.38. The number of halogens is 3. The predicted octanol–water partition coefficient (Wildman–Crippen LogP) is 3.35. The van der Waals surface area contributed by atoms with Crippen molar-refractivity contribution in [2.45, 2.75) is 26.8 Å². The third-order valence-corrected chi connectivity index (χ3v) is 4.56. The highest BCUT2D eigenvalue weighted by molar-refractivity contribution is 14.0. The van der Waals surface area contributed by atoms with Crippen LogP contribution in [-0.2, 0) is 13.6 Å². The predicted molar refractivity (Wildman–Crippen MR) is 111 cm³/mol. The van der Waals surface area contributed by atoms with Gasteiger partial charge in [-0.05, 0) is 32.1 Å². The van der Waals surface area contributed by atoms with Crippen molar-refractivity contribution >= 4 is 53.1 Å². The van der Waals surface area contributed by atoms with Gasteiger partial charge in [-0.1, -0.05) is 37.0 Å². The lowest BCUT2D eigenvalue weighted by molar-refractivity contribution is 0.300. The number of nitrogens with one attached hydrogen (secondary N) is 2. The zero-order valence-electron chi connectivity index (χ0n) is 14.3. The second-order valence-corrected chi connectivity index (χ2v) is 5.83. The molecule has 0 fully saturated rings.